The van der Waals surface area contributed by atoms with Crippen molar-refractivity contribution in [2.75, 3.05) is 0 Å². The highest BCUT2D eigenvalue weighted by molar-refractivity contribution is 5.94. The summed E-state index contributed by atoms with van der Waals surface area (Å²) < 4.78 is 13.3. The molecule has 2 heteroatoms. The van der Waals surface area contributed by atoms with E-state index < -0.39 is 0 Å². The number of aryl methyl sites for hydroxylation is 2. The molecular formula is C20H20FN. The molecule has 1 saturated carbocycles. The van der Waals surface area contributed by atoms with Crippen molar-refractivity contribution in [3.8, 4) is 11.3 Å². The molecular weight excluding hydrogens is 273 g/mol. The Balaban J connectivity index is 2.00. The molecule has 1 heterocycles. The topological polar surface area (TPSA) is 15.8 Å². The SMILES string of the molecule is Cc1cc(C)c2[nH]c(-c3ccc(F)cc3)c(C3CCC3)c2c1. The molecule has 1 aliphatic rings. The first-order valence-electron chi connectivity index (χ1n) is 8.02. The first-order valence-corrected chi connectivity index (χ1v) is 8.02. The Labute approximate surface area is 130 Å². The Bertz CT molecular complexity index is 838. The predicted octanol–water partition coefficient (Wildman–Crippen LogP) is 5.86. The van der Waals surface area contributed by atoms with Gasteiger partial charge < -0.3 is 4.98 Å². The number of nitrogens with one attached hydrogen (secondary N) is 1. The van der Waals surface area contributed by atoms with Crippen molar-refractivity contribution in [3.63, 3.8) is 0 Å². The van der Waals surface area contributed by atoms with E-state index in [0.29, 0.717) is 5.92 Å². The monoisotopic (exact) mass is 293 g/mol. The number of benzene rings is 2. The van der Waals surface area contributed by atoms with Crippen molar-refractivity contribution in [3.05, 3.63) is 58.9 Å². The van der Waals surface area contributed by atoms with Crippen LogP contribution in [0.15, 0.2) is 36.4 Å². The van der Waals surface area contributed by atoms with Crippen molar-refractivity contribution in [1.29, 1.82) is 0 Å². The smallest absolute Gasteiger partial charge is 0.123 e. The molecule has 112 valence electrons. The summed E-state index contributed by atoms with van der Waals surface area (Å²) in [5, 5.41) is 1.35. The Kier molecular flexibility index (Phi) is 3.07. The van der Waals surface area contributed by atoms with Crippen LogP contribution in [-0.2, 0) is 0 Å². The lowest BCUT2D eigenvalue weighted by Gasteiger charge is -2.26. The summed E-state index contributed by atoms with van der Waals surface area (Å²) in [5.41, 5.74) is 7.50. The van der Waals surface area contributed by atoms with Crippen LogP contribution in [0.3, 0.4) is 0 Å². The first kappa shape index (κ1) is 13.6. The number of aromatic amines is 1. The lowest BCUT2D eigenvalue weighted by molar-refractivity contribution is 0.423. The van der Waals surface area contributed by atoms with Crippen LogP contribution in [0.4, 0.5) is 4.39 Å². The minimum Gasteiger partial charge on any atom is -0.354 e. The van der Waals surface area contributed by atoms with E-state index in [1.807, 2.05) is 12.1 Å². The molecule has 4 rings (SSSR count). The fourth-order valence-corrected chi connectivity index (χ4v) is 3.64. The molecule has 1 aliphatic carbocycles. The lowest BCUT2D eigenvalue weighted by Crippen LogP contribution is -2.09. The minimum atomic E-state index is -0.183. The van der Waals surface area contributed by atoms with E-state index in [0.717, 1.165) is 5.56 Å². The average Bonchev–Trinajstić information content (AvgIpc) is 2.78. The van der Waals surface area contributed by atoms with Crippen molar-refractivity contribution in [2.45, 2.75) is 39.0 Å². The Morgan fingerprint density at radius 3 is 2.41 bits per heavy atom. The second kappa shape index (κ2) is 4.98. The van der Waals surface area contributed by atoms with Gasteiger partial charge in [-0.15, -0.1) is 0 Å². The highest BCUT2D eigenvalue weighted by atomic mass is 19.1. The van der Waals surface area contributed by atoms with Gasteiger partial charge in [0.1, 0.15) is 5.82 Å². The van der Waals surface area contributed by atoms with Gasteiger partial charge in [0, 0.05) is 16.6 Å². The van der Waals surface area contributed by atoms with Crippen LogP contribution in [0.2, 0.25) is 0 Å². The maximum Gasteiger partial charge on any atom is 0.123 e. The molecule has 1 aromatic heterocycles. The first-order chi connectivity index (χ1) is 10.6. The van der Waals surface area contributed by atoms with Crippen LogP contribution >= 0.6 is 0 Å². The van der Waals surface area contributed by atoms with Crippen molar-refractivity contribution < 1.29 is 4.39 Å². The number of hydrogen-bond acceptors (Lipinski definition) is 0. The van der Waals surface area contributed by atoms with Crippen molar-refractivity contribution in [1.82, 2.24) is 4.98 Å². The van der Waals surface area contributed by atoms with Gasteiger partial charge in [0.05, 0.1) is 0 Å². The summed E-state index contributed by atoms with van der Waals surface area (Å²) in [5.74, 6) is 0.451. The van der Waals surface area contributed by atoms with Gasteiger partial charge in [-0.3, -0.25) is 0 Å². The number of fused-ring (bicyclic) bond motifs is 1. The largest absolute Gasteiger partial charge is 0.354 e. The molecule has 0 radical (unpaired) electrons. The number of hydrogen-bond donors (Lipinski definition) is 1. The fourth-order valence-electron chi connectivity index (χ4n) is 3.64. The summed E-state index contributed by atoms with van der Waals surface area (Å²) >= 11 is 0. The lowest BCUT2D eigenvalue weighted by atomic mass is 9.78. The third-order valence-corrected chi connectivity index (χ3v) is 4.94. The van der Waals surface area contributed by atoms with Gasteiger partial charge in [0.15, 0.2) is 0 Å². The van der Waals surface area contributed by atoms with Gasteiger partial charge in [-0.1, -0.05) is 18.1 Å². The zero-order chi connectivity index (χ0) is 15.3. The van der Waals surface area contributed by atoms with E-state index in [-0.39, 0.29) is 5.82 Å². The summed E-state index contributed by atoms with van der Waals surface area (Å²) in [6, 6.07) is 11.4. The summed E-state index contributed by atoms with van der Waals surface area (Å²) in [6.45, 7) is 4.31. The zero-order valence-electron chi connectivity index (χ0n) is 13.0. The predicted molar refractivity (Wildman–Crippen MR) is 89.8 cm³/mol. The highest BCUT2D eigenvalue weighted by Gasteiger charge is 2.27. The molecule has 0 spiro atoms. The Morgan fingerprint density at radius 2 is 1.77 bits per heavy atom. The molecule has 1 fully saturated rings. The van der Waals surface area contributed by atoms with Crippen molar-refractivity contribution >= 4 is 10.9 Å². The molecule has 1 N–H and O–H groups in total. The van der Waals surface area contributed by atoms with E-state index in [9.17, 15) is 4.39 Å². The van der Waals surface area contributed by atoms with Gasteiger partial charge in [-0.2, -0.15) is 0 Å². The van der Waals surface area contributed by atoms with Crippen LogP contribution in [0.25, 0.3) is 22.2 Å². The quantitative estimate of drug-likeness (QED) is 0.609. The van der Waals surface area contributed by atoms with Crippen LogP contribution in [-0.4, -0.2) is 4.98 Å². The summed E-state index contributed by atoms with van der Waals surface area (Å²) in [7, 11) is 0. The molecule has 0 atom stereocenters. The molecule has 2 aromatic carbocycles. The third-order valence-electron chi connectivity index (χ3n) is 4.94. The van der Waals surface area contributed by atoms with E-state index in [1.54, 1.807) is 12.1 Å². The second-order valence-corrected chi connectivity index (χ2v) is 6.55. The van der Waals surface area contributed by atoms with Crippen LogP contribution in [0.1, 0.15) is 41.9 Å². The van der Waals surface area contributed by atoms with Crippen LogP contribution < -0.4 is 0 Å². The Hall–Kier alpha value is -2.09. The second-order valence-electron chi connectivity index (χ2n) is 6.55. The normalized spacial score (nSPS) is 15.2. The zero-order valence-corrected chi connectivity index (χ0v) is 13.0. The van der Waals surface area contributed by atoms with Gasteiger partial charge in [-0.05, 0) is 79.6 Å². The fraction of sp³-hybridized carbons (Fsp3) is 0.300. The number of aromatic nitrogens is 1. The maximum atomic E-state index is 13.3. The van der Waals surface area contributed by atoms with E-state index in [4.69, 9.17) is 0 Å². The van der Waals surface area contributed by atoms with E-state index in [2.05, 4.69) is 31.0 Å². The molecule has 1 nitrogen and oxygen atoms in total. The standard InChI is InChI=1S/C20H20FN/c1-12-10-13(2)19-17(11-12)18(14-4-3-5-14)20(22-19)15-6-8-16(21)9-7-15/h6-11,14,22H,3-5H2,1-2H3. The van der Waals surface area contributed by atoms with Gasteiger partial charge in [0.25, 0.3) is 0 Å². The number of H-pyrrole nitrogens is 1. The average molecular weight is 293 g/mol. The Morgan fingerprint density at radius 1 is 1.05 bits per heavy atom. The highest BCUT2D eigenvalue weighted by Crippen LogP contribution is 2.45. The van der Waals surface area contributed by atoms with Crippen molar-refractivity contribution in [2.24, 2.45) is 0 Å². The molecule has 0 bridgehead atoms. The van der Waals surface area contributed by atoms with Crippen LogP contribution in [0, 0.1) is 19.7 Å². The van der Waals surface area contributed by atoms with E-state index in [1.165, 1.54) is 52.5 Å². The molecule has 0 saturated heterocycles. The molecule has 22 heavy (non-hydrogen) atoms. The molecule has 3 aromatic rings. The number of rotatable bonds is 2. The van der Waals surface area contributed by atoms with E-state index >= 15 is 0 Å². The molecule has 0 aliphatic heterocycles. The third kappa shape index (κ3) is 2.06. The van der Waals surface area contributed by atoms with Crippen LogP contribution in [0.5, 0.6) is 0 Å². The van der Waals surface area contributed by atoms with Gasteiger partial charge in [0.2, 0.25) is 0 Å². The minimum absolute atomic E-state index is 0.183. The summed E-state index contributed by atoms with van der Waals surface area (Å²) in [4.78, 5) is 3.62. The molecule has 0 amide bonds. The van der Waals surface area contributed by atoms with Gasteiger partial charge in [-0.25, -0.2) is 4.39 Å². The number of halogens is 1. The molecule has 0 unspecified atom stereocenters. The summed E-state index contributed by atoms with van der Waals surface area (Å²) in [6.07, 6.45) is 3.83. The van der Waals surface area contributed by atoms with Gasteiger partial charge >= 0.3 is 0 Å². The maximum absolute atomic E-state index is 13.3.